The highest BCUT2D eigenvalue weighted by Gasteiger charge is 2.42. The number of aryl methyl sites for hydroxylation is 1. The maximum absolute atomic E-state index is 14.9. The van der Waals surface area contributed by atoms with Crippen molar-refractivity contribution < 1.29 is 32.2 Å². The average molecular weight is 674 g/mol. The molecule has 11 heteroatoms. The van der Waals surface area contributed by atoms with Gasteiger partial charge in [-0.05, 0) is 59.5 Å². The largest absolute Gasteiger partial charge is 0.497 e. The molecule has 48 heavy (non-hydrogen) atoms. The molecule has 5 rings (SSSR count). The Morgan fingerprint density at radius 3 is 1.62 bits per heavy atom. The van der Waals surface area contributed by atoms with Gasteiger partial charge in [-0.1, -0.05) is 43.3 Å². The minimum absolute atomic E-state index is 0.104. The van der Waals surface area contributed by atoms with Crippen LogP contribution in [0.1, 0.15) is 23.6 Å². The fraction of sp³-hybridized carbons (Fsp3) is 0.324. The van der Waals surface area contributed by atoms with Gasteiger partial charge in [-0.3, -0.25) is 4.79 Å². The number of benzene rings is 4. The third-order valence-electron chi connectivity index (χ3n) is 8.63. The van der Waals surface area contributed by atoms with E-state index < -0.39 is 16.1 Å². The first-order chi connectivity index (χ1) is 23.2. The van der Waals surface area contributed by atoms with E-state index in [1.54, 1.807) is 51.5 Å². The Labute approximate surface area is 283 Å². The van der Waals surface area contributed by atoms with Gasteiger partial charge >= 0.3 is 0 Å². The lowest BCUT2D eigenvalue weighted by atomic mass is 10.1. The van der Waals surface area contributed by atoms with Crippen molar-refractivity contribution in [3.8, 4) is 23.0 Å². The van der Waals surface area contributed by atoms with Gasteiger partial charge in [0.2, 0.25) is 15.9 Å². The molecule has 1 heterocycles. The van der Waals surface area contributed by atoms with Crippen molar-refractivity contribution in [2.45, 2.75) is 37.4 Å². The van der Waals surface area contributed by atoms with E-state index >= 15 is 0 Å². The van der Waals surface area contributed by atoms with Gasteiger partial charge in [0.15, 0.2) is 0 Å². The number of ether oxygens (including phenoxy) is 4. The summed E-state index contributed by atoms with van der Waals surface area (Å²) in [4.78, 5) is 18.7. The van der Waals surface area contributed by atoms with Gasteiger partial charge in [0.25, 0.3) is 0 Å². The average Bonchev–Trinajstić information content (AvgIpc) is 3.14. The summed E-state index contributed by atoms with van der Waals surface area (Å²) in [5, 5.41) is 0. The molecule has 0 aliphatic carbocycles. The molecule has 1 amide bonds. The Hall–Kier alpha value is -4.74. The monoisotopic (exact) mass is 673 g/mol. The number of rotatable bonds is 13. The van der Waals surface area contributed by atoms with Crippen molar-refractivity contribution in [3.63, 3.8) is 0 Å². The lowest BCUT2D eigenvalue weighted by molar-refractivity contribution is -0.136. The summed E-state index contributed by atoms with van der Waals surface area (Å²) in [5.41, 5.74) is 3.56. The SMILES string of the molecule is CCc1ccc(S(=O)(=O)N2CCN(c3cc(OC)cc(OC)c3)CC2C(=O)N(Cc2ccc(OC)cc2)Cc2ccc(OC)cc2)cc1. The van der Waals surface area contributed by atoms with E-state index in [4.69, 9.17) is 18.9 Å². The summed E-state index contributed by atoms with van der Waals surface area (Å²) in [5.74, 6) is 2.29. The molecule has 0 aromatic heterocycles. The van der Waals surface area contributed by atoms with Crippen LogP contribution in [0.25, 0.3) is 0 Å². The van der Waals surface area contributed by atoms with Crippen LogP contribution in [0.3, 0.4) is 0 Å². The lowest BCUT2D eigenvalue weighted by Gasteiger charge is -2.42. The fourth-order valence-electron chi connectivity index (χ4n) is 5.82. The molecule has 254 valence electrons. The number of carbonyl (C=O) groups excluding carboxylic acids is 1. The molecule has 1 aliphatic rings. The van der Waals surface area contributed by atoms with E-state index in [2.05, 4.69) is 0 Å². The summed E-state index contributed by atoms with van der Waals surface area (Å²) in [7, 11) is 2.33. The molecule has 1 aliphatic heterocycles. The molecular formula is C37H43N3O7S. The highest BCUT2D eigenvalue weighted by molar-refractivity contribution is 7.89. The maximum atomic E-state index is 14.9. The zero-order chi connectivity index (χ0) is 34.3. The van der Waals surface area contributed by atoms with E-state index in [0.717, 1.165) is 28.8 Å². The van der Waals surface area contributed by atoms with Crippen molar-refractivity contribution in [3.05, 3.63) is 108 Å². The van der Waals surface area contributed by atoms with Gasteiger partial charge in [-0.15, -0.1) is 0 Å². The number of piperazine rings is 1. The van der Waals surface area contributed by atoms with E-state index in [0.29, 0.717) is 29.5 Å². The van der Waals surface area contributed by atoms with Crippen LogP contribution < -0.4 is 23.8 Å². The highest BCUT2D eigenvalue weighted by atomic mass is 32.2. The number of hydrogen-bond donors (Lipinski definition) is 0. The van der Waals surface area contributed by atoms with Crippen LogP contribution in [-0.4, -0.2) is 77.6 Å². The second-order valence-corrected chi connectivity index (χ2v) is 13.4. The molecule has 0 bridgehead atoms. The van der Waals surface area contributed by atoms with E-state index in [1.807, 2.05) is 84.6 Å². The Morgan fingerprint density at radius 1 is 0.688 bits per heavy atom. The molecule has 0 saturated carbocycles. The van der Waals surface area contributed by atoms with Gasteiger partial charge < -0.3 is 28.7 Å². The van der Waals surface area contributed by atoms with Crippen LogP contribution in [0.4, 0.5) is 5.69 Å². The summed E-state index contributed by atoms with van der Waals surface area (Å²) < 4.78 is 51.7. The van der Waals surface area contributed by atoms with Crippen molar-refractivity contribution in [2.75, 3.05) is 53.0 Å². The number of methoxy groups -OCH3 is 4. The van der Waals surface area contributed by atoms with Gasteiger partial charge in [0, 0.05) is 56.6 Å². The quantitative estimate of drug-likeness (QED) is 0.186. The number of carbonyl (C=O) groups is 1. The normalized spacial score (nSPS) is 15.1. The van der Waals surface area contributed by atoms with E-state index in [-0.39, 0.29) is 37.0 Å². The molecule has 0 spiro atoms. The summed E-state index contributed by atoms with van der Waals surface area (Å²) in [6.45, 7) is 3.14. The first-order valence-corrected chi connectivity index (χ1v) is 17.3. The van der Waals surface area contributed by atoms with Crippen LogP contribution in [-0.2, 0) is 34.3 Å². The van der Waals surface area contributed by atoms with Crippen LogP contribution in [0.5, 0.6) is 23.0 Å². The van der Waals surface area contributed by atoms with E-state index in [1.165, 1.54) is 4.31 Å². The molecule has 1 atom stereocenters. The second kappa shape index (κ2) is 15.4. The molecule has 1 fully saturated rings. The zero-order valence-corrected chi connectivity index (χ0v) is 28.9. The van der Waals surface area contributed by atoms with Crippen LogP contribution in [0.2, 0.25) is 0 Å². The first kappa shape index (κ1) is 34.6. The van der Waals surface area contributed by atoms with Crippen molar-refractivity contribution in [1.82, 2.24) is 9.21 Å². The molecular weight excluding hydrogens is 630 g/mol. The number of anilines is 1. The predicted octanol–water partition coefficient (Wildman–Crippen LogP) is 5.39. The predicted molar refractivity (Wildman–Crippen MR) is 186 cm³/mol. The Kier molecular flexibility index (Phi) is 11.1. The molecule has 10 nitrogen and oxygen atoms in total. The molecule has 4 aromatic rings. The number of sulfonamides is 1. The maximum Gasteiger partial charge on any atom is 0.243 e. The van der Waals surface area contributed by atoms with Gasteiger partial charge in [-0.25, -0.2) is 8.42 Å². The lowest BCUT2D eigenvalue weighted by Crippen LogP contribution is -2.61. The van der Waals surface area contributed by atoms with Crippen molar-refractivity contribution in [1.29, 1.82) is 0 Å². The fourth-order valence-corrected chi connectivity index (χ4v) is 7.39. The number of hydrogen-bond acceptors (Lipinski definition) is 8. The highest BCUT2D eigenvalue weighted by Crippen LogP contribution is 2.32. The Bertz CT molecular complexity index is 1710. The zero-order valence-electron chi connectivity index (χ0n) is 28.1. The Balaban J connectivity index is 1.55. The summed E-state index contributed by atoms with van der Waals surface area (Å²) >= 11 is 0. The van der Waals surface area contributed by atoms with Gasteiger partial charge in [0.05, 0.1) is 33.3 Å². The smallest absolute Gasteiger partial charge is 0.243 e. The van der Waals surface area contributed by atoms with Crippen LogP contribution in [0.15, 0.2) is 95.9 Å². The molecule has 1 unspecified atom stereocenters. The Morgan fingerprint density at radius 2 is 1.17 bits per heavy atom. The molecule has 4 aromatic carbocycles. The molecule has 1 saturated heterocycles. The van der Waals surface area contributed by atoms with Crippen molar-refractivity contribution in [2.24, 2.45) is 0 Å². The van der Waals surface area contributed by atoms with Crippen LogP contribution in [0, 0.1) is 0 Å². The third-order valence-corrected chi connectivity index (χ3v) is 10.6. The van der Waals surface area contributed by atoms with Gasteiger partial charge in [0.1, 0.15) is 29.0 Å². The summed E-state index contributed by atoms with van der Waals surface area (Å²) in [6, 6.07) is 26.4. The first-order valence-electron chi connectivity index (χ1n) is 15.8. The minimum Gasteiger partial charge on any atom is -0.497 e. The van der Waals surface area contributed by atoms with E-state index in [9.17, 15) is 13.2 Å². The number of amides is 1. The summed E-state index contributed by atoms with van der Waals surface area (Å²) in [6.07, 6.45) is 0.787. The molecule has 0 radical (unpaired) electrons. The van der Waals surface area contributed by atoms with Crippen LogP contribution >= 0.6 is 0 Å². The topological polar surface area (TPSA) is 97.9 Å². The second-order valence-electron chi connectivity index (χ2n) is 11.5. The van der Waals surface area contributed by atoms with Crippen molar-refractivity contribution >= 4 is 21.6 Å². The molecule has 0 N–H and O–H groups in total. The standard InChI is InChI=1S/C37H43N3O7S/c1-6-27-11-17-35(18-12-27)48(42,43)40-20-19-38(30-21-33(46-4)23-34(22-30)47-5)26-36(40)37(41)39(24-28-7-13-31(44-2)14-8-28)25-29-9-15-32(45-3)16-10-29/h7-18,21-23,36H,6,19-20,24-26H2,1-5H3. The van der Waals surface area contributed by atoms with Gasteiger partial charge in [-0.2, -0.15) is 4.31 Å². The minimum atomic E-state index is -4.03. The number of nitrogens with zero attached hydrogens (tertiary/aromatic N) is 3. The third kappa shape index (κ3) is 7.86.